The smallest absolute Gasteiger partial charge is 0.258 e. The third-order valence-corrected chi connectivity index (χ3v) is 2.01. The number of hydrogen-bond acceptors (Lipinski definition) is 2. The molecule has 0 atom stereocenters. The van der Waals surface area contributed by atoms with E-state index >= 15 is 0 Å². The first-order valence-electron chi connectivity index (χ1n) is 3.02. The molecule has 0 radical (unpaired) electrons. The lowest BCUT2D eigenvalue weighted by Crippen LogP contribution is -2.09. The number of nitrogens with zero attached hydrogens (tertiary/aromatic N) is 1. The van der Waals surface area contributed by atoms with Crippen molar-refractivity contribution in [2.45, 2.75) is 0 Å². The molecule has 0 spiro atoms. The standard InChI is InChI=1S/C6H5BBrNO2/c7-4-2-1-3-5(8)6(4)9(10)11/h1-3H,7H2. The van der Waals surface area contributed by atoms with E-state index in [0.29, 0.717) is 9.94 Å². The van der Waals surface area contributed by atoms with Gasteiger partial charge in [-0.05, 0) is 27.5 Å². The average Bonchev–Trinajstić information content (AvgIpc) is 1.85. The van der Waals surface area contributed by atoms with E-state index in [1.807, 2.05) is 0 Å². The molecule has 0 saturated carbocycles. The van der Waals surface area contributed by atoms with Crippen LogP contribution in [0.15, 0.2) is 22.7 Å². The maximum absolute atomic E-state index is 10.4. The molecule has 3 nitrogen and oxygen atoms in total. The first-order valence-corrected chi connectivity index (χ1v) is 3.81. The number of halogens is 1. The van der Waals surface area contributed by atoms with Crippen molar-refractivity contribution in [1.82, 2.24) is 0 Å². The largest absolute Gasteiger partial charge is 0.277 e. The normalized spacial score (nSPS) is 9.55. The van der Waals surface area contributed by atoms with Gasteiger partial charge >= 0.3 is 0 Å². The zero-order valence-electron chi connectivity index (χ0n) is 5.87. The number of rotatable bonds is 1. The fraction of sp³-hybridized carbons (Fsp3) is 0. The first kappa shape index (κ1) is 8.26. The minimum atomic E-state index is -0.389. The molecule has 0 saturated heterocycles. The van der Waals surface area contributed by atoms with Crippen LogP contribution in [0.3, 0.4) is 0 Å². The summed E-state index contributed by atoms with van der Waals surface area (Å²) in [7, 11) is 1.71. The zero-order valence-corrected chi connectivity index (χ0v) is 7.46. The maximum Gasteiger partial charge on any atom is 0.277 e. The molecule has 0 aromatic heterocycles. The van der Waals surface area contributed by atoms with Gasteiger partial charge in [0, 0.05) is 0 Å². The van der Waals surface area contributed by atoms with Crippen molar-refractivity contribution in [2.75, 3.05) is 0 Å². The molecule has 0 heterocycles. The quantitative estimate of drug-likeness (QED) is 0.390. The summed E-state index contributed by atoms with van der Waals surface area (Å²) in [6.07, 6.45) is 0. The fourth-order valence-electron chi connectivity index (χ4n) is 0.854. The molecule has 56 valence electrons. The van der Waals surface area contributed by atoms with Crippen LogP contribution in [0.4, 0.5) is 5.69 Å². The number of nitro groups is 1. The highest BCUT2D eigenvalue weighted by atomic mass is 79.9. The maximum atomic E-state index is 10.4. The van der Waals surface area contributed by atoms with Crippen molar-refractivity contribution in [1.29, 1.82) is 0 Å². The molecule has 0 bridgehead atoms. The molecule has 5 heteroatoms. The predicted octanol–water partition coefficient (Wildman–Crippen LogP) is 0.616. The second kappa shape index (κ2) is 3.05. The van der Waals surface area contributed by atoms with E-state index in [1.54, 1.807) is 26.0 Å². The Morgan fingerprint density at radius 3 is 2.55 bits per heavy atom. The molecular weight excluding hydrogens is 209 g/mol. The summed E-state index contributed by atoms with van der Waals surface area (Å²) in [6, 6.07) is 5.14. The Balaban J connectivity index is 3.32. The highest BCUT2D eigenvalue weighted by Crippen LogP contribution is 2.20. The number of para-hydroxylation sites is 1. The first-order chi connectivity index (χ1) is 5.13. The summed E-state index contributed by atoms with van der Waals surface area (Å²) in [5.74, 6) is 0. The molecule has 1 rings (SSSR count). The van der Waals surface area contributed by atoms with Crippen LogP contribution in [0.1, 0.15) is 0 Å². The predicted molar refractivity (Wildman–Crippen MR) is 49.0 cm³/mol. The molecule has 0 fully saturated rings. The van der Waals surface area contributed by atoms with Crippen molar-refractivity contribution < 1.29 is 4.92 Å². The second-order valence-corrected chi connectivity index (χ2v) is 3.02. The summed E-state index contributed by atoms with van der Waals surface area (Å²) in [5, 5.41) is 10.4. The van der Waals surface area contributed by atoms with E-state index in [1.165, 1.54) is 0 Å². The topological polar surface area (TPSA) is 43.1 Å². The Labute approximate surface area is 73.1 Å². The molecule has 0 amide bonds. The third-order valence-electron chi connectivity index (χ3n) is 1.37. The average molecular weight is 214 g/mol. The second-order valence-electron chi connectivity index (χ2n) is 2.16. The van der Waals surface area contributed by atoms with Crippen LogP contribution < -0.4 is 5.46 Å². The summed E-state index contributed by atoms with van der Waals surface area (Å²) in [5.41, 5.74) is 0.817. The lowest BCUT2D eigenvalue weighted by atomic mass is 9.94. The van der Waals surface area contributed by atoms with Crippen LogP contribution in [0.5, 0.6) is 0 Å². The Morgan fingerprint density at radius 1 is 1.55 bits per heavy atom. The highest BCUT2D eigenvalue weighted by molar-refractivity contribution is 9.10. The van der Waals surface area contributed by atoms with Crippen molar-refractivity contribution >= 4 is 34.9 Å². The van der Waals surface area contributed by atoms with Gasteiger partial charge in [0.1, 0.15) is 7.85 Å². The van der Waals surface area contributed by atoms with Gasteiger partial charge in [0.15, 0.2) is 0 Å². The molecule has 0 aliphatic carbocycles. The number of hydrogen-bond donors (Lipinski definition) is 0. The summed E-state index contributed by atoms with van der Waals surface area (Å²) < 4.78 is 0.530. The van der Waals surface area contributed by atoms with Crippen molar-refractivity contribution in [2.24, 2.45) is 0 Å². The lowest BCUT2D eigenvalue weighted by molar-refractivity contribution is -0.384. The highest BCUT2D eigenvalue weighted by Gasteiger charge is 2.13. The Hall–Kier alpha value is -0.835. The van der Waals surface area contributed by atoms with E-state index < -0.39 is 0 Å². The van der Waals surface area contributed by atoms with Gasteiger partial charge in [0.05, 0.1) is 9.40 Å². The van der Waals surface area contributed by atoms with Gasteiger partial charge in [0.2, 0.25) is 0 Å². The Kier molecular flexibility index (Phi) is 2.29. The molecule has 0 aliphatic rings. The van der Waals surface area contributed by atoms with Gasteiger partial charge in [-0.25, -0.2) is 0 Å². The molecule has 1 aromatic carbocycles. The van der Waals surface area contributed by atoms with E-state index in [9.17, 15) is 10.1 Å². The molecular formula is C6H5BBrNO2. The molecule has 1 aromatic rings. The molecule has 0 N–H and O–H groups in total. The lowest BCUT2D eigenvalue weighted by Gasteiger charge is -1.97. The summed E-state index contributed by atoms with van der Waals surface area (Å²) >= 11 is 3.11. The van der Waals surface area contributed by atoms with Crippen molar-refractivity contribution in [3.63, 3.8) is 0 Å². The van der Waals surface area contributed by atoms with Crippen LogP contribution in [-0.2, 0) is 0 Å². The van der Waals surface area contributed by atoms with Crippen LogP contribution in [-0.4, -0.2) is 12.8 Å². The Morgan fingerprint density at radius 2 is 2.18 bits per heavy atom. The summed E-state index contributed by atoms with van der Waals surface area (Å²) in [6.45, 7) is 0. The van der Waals surface area contributed by atoms with E-state index in [2.05, 4.69) is 15.9 Å². The van der Waals surface area contributed by atoms with Crippen LogP contribution in [0.2, 0.25) is 0 Å². The van der Waals surface area contributed by atoms with Crippen LogP contribution in [0.25, 0.3) is 0 Å². The van der Waals surface area contributed by atoms with Crippen LogP contribution >= 0.6 is 15.9 Å². The van der Waals surface area contributed by atoms with Crippen LogP contribution in [0, 0.1) is 10.1 Å². The van der Waals surface area contributed by atoms with E-state index in [4.69, 9.17) is 0 Å². The van der Waals surface area contributed by atoms with Crippen molar-refractivity contribution in [3.05, 3.63) is 32.8 Å². The van der Waals surface area contributed by atoms with Gasteiger partial charge in [0.25, 0.3) is 5.69 Å². The van der Waals surface area contributed by atoms with Crippen molar-refractivity contribution in [3.8, 4) is 0 Å². The number of benzene rings is 1. The monoisotopic (exact) mass is 213 g/mol. The van der Waals surface area contributed by atoms with E-state index in [0.717, 1.165) is 0 Å². The SMILES string of the molecule is Bc1cccc(Br)c1[N+](=O)[O-]. The minimum absolute atomic E-state index is 0.146. The van der Waals surface area contributed by atoms with E-state index in [-0.39, 0.29) is 10.6 Å². The molecule has 11 heavy (non-hydrogen) atoms. The Bertz CT molecular complexity index is 282. The minimum Gasteiger partial charge on any atom is -0.258 e. The van der Waals surface area contributed by atoms with Gasteiger partial charge in [-0.2, -0.15) is 0 Å². The number of nitro benzene ring substituents is 1. The van der Waals surface area contributed by atoms with Gasteiger partial charge < -0.3 is 0 Å². The third kappa shape index (κ3) is 1.60. The molecule has 0 aliphatic heterocycles. The van der Waals surface area contributed by atoms with Gasteiger partial charge in [-0.1, -0.05) is 12.1 Å². The zero-order chi connectivity index (χ0) is 8.43. The summed E-state index contributed by atoms with van der Waals surface area (Å²) in [4.78, 5) is 10.0. The van der Waals surface area contributed by atoms with Gasteiger partial charge in [-0.3, -0.25) is 10.1 Å². The van der Waals surface area contributed by atoms with Gasteiger partial charge in [-0.15, -0.1) is 0 Å². The molecule has 0 unspecified atom stereocenters. The fourth-order valence-corrected chi connectivity index (χ4v) is 1.46.